The van der Waals surface area contributed by atoms with Crippen LogP contribution in [0.5, 0.6) is 5.75 Å². The molecule has 0 saturated carbocycles. The molecule has 18 heavy (non-hydrogen) atoms. The number of hydrogen-bond donors (Lipinski definition) is 2. The molecule has 0 fully saturated rings. The van der Waals surface area contributed by atoms with Gasteiger partial charge in [0.25, 0.3) is 5.91 Å². The molecule has 0 heterocycles. The van der Waals surface area contributed by atoms with E-state index in [1.807, 2.05) is 0 Å². The number of benzene rings is 1. The average molecular weight is 276 g/mol. The average Bonchev–Trinajstić information content (AvgIpc) is 2.37. The Morgan fingerprint density at radius 3 is 2.83 bits per heavy atom. The highest BCUT2D eigenvalue weighted by molar-refractivity contribution is 6.30. The first-order valence-electron chi connectivity index (χ1n) is 4.94. The van der Waals surface area contributed by atoms with Gasteiger partial charge in [-0.25, -0.2) is 4.39 Å². The van der Waals surface area contributed by atoms with Gasteiger partial charge in [0.2, 0.25) is 0 Å². The fourth-order valence-electron chi connectivity index (χ4n) is 1.18. The van der Waals surface area contributed by atoms with Crippen molar-refractivity contribution < 1.29 is 23.8 Å². The number of halogens is 2. The summed E-state index contributed by atoms with van der Waals surface area (Å²) in [6, 6.07) is 2.96. The molecule has 1 amide bonds. The maximum atomic E-state index is 12.9. The first kappa shape index (κ1) is 14.2. The highest BCUT2D eigenvalue weighted by Crippen LogP contribution is 2.17. The lowest BCUT2D eigenvalue weighted by molar-refractivity contribution is -0.140. The Bertz CT molecular complexity index is 466. The number of aromatic hydroxyl groups is 1. The summed E-state index contributed by atoms with van der Waals surface area (Å²) in [7, 11) is 1.16. The Hall–Kier alpha value is -1.82. The molecule has 1 rings (SSSR count). The number of ether oxygens (including phenoxy) is 1. The number of carbonyl (C=O) groups is 2. The monoisotopic (exact) mass is 275 g/mol. The number of amides is 1. The van der Waals surface area contributed by atoms with Crippen molar-refractivity contribution in [3.05, 3.63) is 29.6 Å². The predicted molar refractivity (Wildman–Crippen MR) is 62.1 cm³/mol. The van der Waals surface area contributed by atoms with E-state index in [4.69, 9.17) is 11.6 Å². The van der Waals surface area contributed by atoms with Gasteiger partial charge in [0.15, 0.2) is 0 Å². The molecule has 0 spiro atoms. The summed E-state index contributed by atoms with van der Waals surface area (Å²) in [5.74, 6) is -2.45. The van der Waals surface area contributed by atoms with Gasteiger partial charge in [0, 0.05) is 6.54 Å². The third-order valence-corrected chi connectivity index (χ3v) is 2.43. The molecule has 2 N–H and O–H groups in total. The maximum absolute atomic E-state index is 12.9. The van der Waals surface area contributed by atoms with Crippen LogP contribution in [0, 0.1) is 5.82 Å². The quantitative estimate of drug-likeness (QED) is 0.636. The number of carbonyl (C=O) groups excluding carboxylic acids is 2. The molecule has 98 valence electrons. The molecule has 0 aromatic heterocycles. The van der Waals surface area contributed by atoms with Crippen molar-refractivity contribution in [2.24, 2.45) is 0 Å². The molecular weight excluding hydrogens is 265 g/mol. The zero-order chi connectivity index (χ0) is 13.7. The molecular formula is C11H11ClFNO4. The van der Waals surface area contributed by atoms with Gasteiger partial charge in [0.1, 0.15) is 16.9 Å². The van der Waals surface area contributed by atoms with Gasteiger partial charge in [-0.15, -0.1) is 11.6 Å². The van der Waals surface area contributed by atoms with Crippen LogP contribution in [-0.2, 0) is 9.53 Å². The molecule has 0 aliphatic rings. The minimum Gasteiger partial charge on any atom is -0.507 e. The van der Waals surface area contributed by atoms with Crippen molar-refractivity contribution in [1.82, 2.24) is 5.32 Å². The number of phenols is 1. The van der Waals surface area contributed by atoms with Crippen molar-refractivity contribution in [2.45, 2.75) is 5.38 Å². The van der Waals surface area contributed by atoms with Crippen molar-refractivity contribution >= 4 is 23.5 Å². The largest absolute Gasteiger partial charge is 0.507 e. The smallest absolute Gasteiger partial charge is 0.325 e. The molecule has 0 aliphatic heterocycles. The lowest BCUT2D eigenvalue weighted by atomic mass is 10.2. The summed E-state index contributed by atoms with van der Waals surface area (Å²) in [5, 5.41) is 10.6. The summed E-state index contributed by atoms with van der Waals surface area (Å²) in [6.45, 7) is -0.191. The van der Waals surface area contributed by atoms with E-state index >= 15 is 0 Å². The molecule has 1 aromatic carbocycles. The van der Waals surface area contributed by atoms with Gasteiger partial charge < -0.3 is 15.2 Å². The Kier molecular flexibility index (Phi) is 4.91. The summed E-state index contributed by atoms with van der Waals surface area (Å²) >= 11 is 5.61. The molecule has 1 atom stereocenters. The lowest BCUT2D eigenvalue weighted by Gasteiger charge is -2.09. The molecule has 0 bridgehead atoms. The number of methoxy groups -OCH3 is 1. The second-order valence-corrected chi connectivity index (χ2v) is 3.89. The van der Waals surface area contributed by atoms with Crippen LogP contribution >= 0.6 is 11.6 Å². The Morgan fingerprint density at radius 1 is 1.56 bits per heavy atom. The highest BCUT2D eigenvalue weighted by Gasteiger charge is 2.18. The van der Waals surface area contributed by atoms with E-state index in [1.165, 1.54) is 0 Å². The molecule has 1 aromatic rings. The van der Waals surface area contributed by atoms with Crippen LogP contribution in [0.4, 0.5) is 4.39 Å². The van der Waals surface area contributed by atoms with Gasteiger partial charge in [-0.3, -0.25) is 9.59 Å². The zero-order valence-corrected chi connectivity index (χ0v) is 10.2. The number of phenolic OH excluding ortho intramolecular Hbond substituents is 1. The molecule has 0 saturated heterocycles. The van der Waals surface area contributed by atoms with E-state index in [1.54, 1.807) is 0 Å². The number of esters is 1. The van der Waals surface area contributed by atoms with Gasteiger partial charge in [0.05, 0.1) is 12.7 Å². The van der Waals surface area contributed by atoms with Gasteiger partial charge in [-0.05, 0) is 18.2 Å². The normalized spacial score (nSPS) is 11.7. The lowest BCUT2D eigenvalue weighted by Crippen LogP contribution is -2.34. The fraction of sp³-hybridized carbons (Fsp3) is 0.273. The van der Waals surface area contributed by atoms with E-state index in [-0.39, 0.29) is 17.9 Å². The second kappa shape index (κ2) is 6.20. The predicted octanol–water partition coefficient (Wildman–Crippen LogP) is 1.04. The van der Waals surface area contributed by atoms with E-state index in [2.05, 4.69) is 10.1 Å². The van der Waals surface area contributed by atoms with Crippen molar-refractivity contribution in [1.29, 1.82) is 0 Å². The number of alkyl halides is 1. The second-order valence-electron chi connectivity index (χ2n) is 3.36. The van der Waals surface area contributed by atoms with Gasteiger partial charge in [-0.2, -0.15) is 0 Å². The Morgan fingerprint density at radius 2 is 2.22 bits per heavy atom. The topological polar surface area (TPSA) is 75.6 Å². The summed E-state index contributed by atoms with van der Waals surface area (Å²) < 4.78 is 17.3. The molecule has 7 heteroatoms. The third-order valence-electron chi connectivity index (χ3n) is 2.10. The first-order chi connectivity index (χ1) is 8.45. The SMILES string of the molecule is COC(=O)C(Cl)CNC(=O)c1cc(F)ccc1O. The molecule has 1 unspecified atom stereocenters. The third kappa shape index (κ3) is 3.59. The van der Waals surface area contributed by atoms with Crippen molar-refractivity contribution in [2.75, 3.05) is 13.7 Å². The minimum absolute atomic E-state index is 0.191. The number of hydrogen-bond acceptors (Lipinski definition) is 4. The number of rotatable bonds is 4. The maximum Gasteiger partial charge on any atom is 0.325 e. The molecule has 0 radical (unpaired) electrons. The van der Waals surface area contributed by atoms with Crippen LogP contribution in [0.2, 0.25) is 0 Å². The number of nitrogens with one attached hydrogen (secondary N) is 1. The van der Waals surface area contributed by atoms with E-state index in [0.29, 0.717) is 0 Å². The molecule has 0 aliphatic carbocycles. The van der Waals surface area contributed by atoms with Gasteiger partial charge in [-0.1, -0.05) is 0 Å². The van der Waals surface area contributed by atoms with Crippen LogP contribution < -0.4 is 5.32 Å². The van der Waals surface area contributed by atoms with Gasteiger partial charge >= 0.3 is 5.97 Å². The standard InChI is InChI=1S/C11H11ClFNO4/c1-18-11(17)8(12)5-14-10(16)7-4-6(13)2-3-9(7)15/h2-4,8,15H,5H2,1H3,(H,14,16). The summed E-state index contributed by atoms with van der Waals surface area (Å²) in [4.78, 5) is 22.6. The van der Waals surface area contributed by atoms with Crippen molar-refractivity contribution in [3.63, 3.8) is 0 Å². The summed E-state index contributed by atoms with van der Waals surface area (Å²) in [6.07, 6.45) is 0. The zero-order valence-electron chi connectivity index (χ0n) is 9.44. The van der Waals surface area contributed by atoms with E-state index in [0.717, 1.165) is 25.3 Å². The Balaban J connectivity index is 2.66. The highest BCUT2D eigenvalue weighted by atomic mass is 35.5. The van der Waals surface area contributed by atoms with Crippen LogP contribution in [0.3, 0.4) is 0 Å². The van der Waals surface area contributed by atoms with Crippen LogP contribution in [0.15, 0.2) is 18.2 Å². The van der Waals surface area contributed by atoms with Crippen LogP contribution in [-0.4, -0.2) is 36.0 Å². The van der Waals surface area contributed by atoms with Crippen molar-refractivity contribution in [3.8, 4) is 5.75 Å². The molecule has 5 nitrogen and oxygen atoms in total. The summed E-state index contributed by atoms with van der Waals surface area (Å²) in [5.41, 5.74) is -0.233. The van der Waals surface area contributed by atoms with Crippen LogP contribution in [0.1, 0.15) is 10.4 Å². The van der Waals surface area contributed by atoms with Crippen LogP contribution in [0.25, 0.3) is 0 Å². The van der Waals surface area contributed by atoms with E-state index < -0.39 is 23.1 Å². The Labute approximate surface area is 108 Å². The van der Waals surface area contributed by atoms with E-state index in [9.17, 15) is 19.1 Å². The first-order valence-corrected chi connectivity index (χ1v) is 5.38. The minimum atomic E-state index is -1.05. The fourth-order valence-corrected chi connectivity index (χ4v) is 1.35.